The van der Waals surface area contributed by atoms with Crippen molar-refractivity contribution in [3.05, 3.63) is 96.2 Å². The number of nitrogens with one attached hydrogen (secondary N) is 2. The summed E-state index contributed by atoms with van der Waals surface area (Å²) in [7, 11) is 0. The van der Waals surface area contributed by atoms with E-state index in [9.17, 15) is 0 Å². The molecule has 0 fully saturated rings. The molecule has 3 aromatic carbocycles. The number of para-hydroxylation sites is 2. The topological polar surface area (TPSA) is 50.6 Å². The van der Waals surface area contributed by atoms with E-state index in [0.717, 1.165) is 35.4 Å². The number of ether oxygens (including phenoxy) is 1. The molecule has 0 saturated carbocycles. The van der Waals surface area contributed by atoms with Crippen molar-refractivity contribution in [1.29, 1.82) is 0 Å². The van der Waals surface area contributed by atoms with E-state index >= 15 is 0 Å². The molecule has 0 aliphatic heterocycles. The van der Waals surface area contributed by atoms with Crippen molar-refractivity contribution in [3.8, 4) is 5.75 Å². The molecule has 0 aliphatic carbocycles. The van der Waals surface area contributed by atoms with Crippen LogP contribution >= 0.6 is 12.2 Å². The van der Waals surface area contributed by atoms with Gasteiger partial charge in [0.25, 0.3) is 0 Å². The molecule has 0 saturated heterocycles. The molecule has 0 aliphatic rings. The predicted octanol–water partition coefficient (Wildman–Crippen LogP) is 5.74. The Morgan fingerprint density at radius 2 is 1.75 bits per heavy atom. The molecule has 162 valence electrons. The van der Waals surface area contributed by atoms with E-state index in [0.29, 0.717) is 11.7 Å². The molecule has 0 bridgehead atoms. The number of thiocarbonyl (C=S) groups is 1. The summed E-state index contributed by atoms with van der Waals surface area (Å²) >= 11 is 5.34. The lowest BCUT2D eigenvalue weighted by atomic mass is 10.2. The lowest BCUT2D eigenvalue weighted by Crippen LogP contribution is -2.23. The SMILES string of the molecule is Cc1ccc(NC(=S)N/N=C/c2cn(CCCOc3ccccc3)c3ccccc23)cc1. The van der Waals surface area contributed by atoms with Crippen molar-refractivity contribution < 1.29 is 4.74 Å². The number of rotatable bonds is 8. The van der Waals surface area contributed by atoms with Crippen molar-refractivity contribution in [3.63, 3.8) is 0 Å². The van der Waals surface area contributed by atoms with E-state index in [4.69, 9.17) is 17.0 Å². The average molecular weight is 443 g/mol. The van der Waals surface area contributed by atoms with Crippen molar-refractivity contribution in [1.82, 2.24) is 9.99 Å². The van der Waals surface area contributed by atoms with Crippen LogP contribution in [0.15, 0.2) is 90.2 Å². The smallest absolute Gasteiger partial charge is 0.191 e. The fraction of sp³-hybridized carbons (Fsp3) is 0.154. The number of aromatic nitrogens is 1. The highest BCUT2D eigenvalue weighted by molar-refractivity contribution is 7.80. The molecule has 1 aromatic heterocycles. The third kappa shape index (κ3) is 5.74. The van der Waals surface area contributed by atoms with E-state index in [-0.39, 0.29) is 0 Å². The van der Waals surface area contributed by atoms with Gasteiger partial charge in [-0.1, -0.05) is 54.1 Å². The summed E-state index contributed by atoms with van der Waals surface area (Å²) in [6, 6.07) is 26.3. The van der Waals surface area contributed by atoms with E-state index < -0.39 is 0 Å². The maximum absolute atomic E-state index is 5.82. The Morgan fingerprint density at radius 1 is 1.00 bits per heavy atom. The number of aryl methyl sites for hydroxylation is 2. The summed E-state index contributed by atoms with van der Waals surface area (Å²) in [6.07, 6.45) is 4.84. The molecule has 32 heavy (non-hydrogen) atoms. The van der Waals surface area contributed by atoms with Gasteiger partial charge in [0.15, 0.2) is 5.11 Å². The monoisotopic (exact) mass is 442 g/mol. The van der Waals surface area contributed by atoms with Crippen LogP contribution in [-0.4, -0.2) is 22.5 Å². The first-order valence-corrected chi connectivity index (χ1v) is 11.0. The van der Waals surface area contributed by atoms with Crippen molar-refractivity contribution in [2.24, 2.45) is 5.10 Å². The van der Waals surface area contributed by atoms with Crippen LogP contribution in [0, 0.1) is 6.92 Å². The highest BCUT2D eigenvalue weighted by atomic mass is 32.1. The quantitative estimate of drug-likeness (QED) is 0.158. The molecule has 0 unspecified atom stereocenters. The molecule has 0 radical (unpaired) electrons. The van der Waals surface area contributed by atoms with Crippen LogP contribution in [0.2, 0.25) is 0 Å². The predicted molar refractivity (Wildman–Crippen MR) is 137 cm³/mol. The number of hydrogen-bond acceptors (Lipinski definition) is 3. The lowest BCUT2D eigenvalue weighted by Gasteiger charge is -2.07. The van der Waals surface area contributed by atoms with E-state index in [1.807, 2.05) is 66.9 Å². The lowest BCUT2D eigenvalue weighted by molar-refractivity contribution is 0.302. The van der Waals surface area contributed by atoms with Crippen LogP contribution in [0.4, 0.5) is 5.69 Å². The number of hydrazone groups is 1. The maximum atomic E-state index is 5.82. The molecule has 1 heterocycles. The fourth-order valence-corrected chi connectivity index (χ4v) is 3.63. The number of hydrogen-bond donors (Lipinski definition) is 2. The normalized spacial score (nSPS) is 11.0. The summed E-state index contributed by atoms with van der Waals surface area (Å²) in [5.41, 5.74) is 7.24. The van der Waals surface area contributed by atoms with Crippen molar-refractivity contribution >= 4 is 40.1 Å². The summed E-state index contributed by atoms with van der Waals surface area (Å²) in [6.45, 7) is 3.58. The van der Waals surface area contributed by atoms with Gasteiger partial charge < -0.3 is 14.6 Å². The second-order valence-electron chi connectivity index (χ2n) is 7.50. The van der Waals surface area contributed by atoms with E-state index in [1.54, 1.807) is 0 Å². The number of nitrogens with zero attached hydrogens (tertiary/aromatic N) is 2. The summed E-state index contributed by atoms with van der Waals surface area (Å²) in [5, 5.41) is 9.07. The van der Waals surface area contributed by atoms with Crippen LogP contribution in [0.1, 0.15) is 17.5 Å². The van der Waals surface area contributed by atoms with Crippen LogP contribution in [-0.2, 0) is 6.54 Å². The van der Waals surface area contributed by atoms with E-state index in [1.165, 1.54) is 11.1 Å². The van der Waals surface area contributed by atoms with Gasteiger partial charge in [-0.05, 0) is 55.9 Å². The molecule has 0 spiro atoms. The van der Waals surface area contributed by atoms with Gasteiger partial charge in [-0.25, -0.2) is 0 Å². The summed E-state index contributed by atoms with van der Waals surface area (Å²) in [5.74, 6) is 0.902. The largest absolute Gasteiger partial charge is 0.494 e. The van der Waals surface area contributed by atoms with Gasteiger partial charge in [-0.3, -0.25) is 5.43 Å². The number of benzene rings is 3. The minimum Gasteiger partial charge on any atom is -0.494 e. The molecule has 4 aromatic rings. The summed E-state index contributed by atoms with van der Waals surface area (Å²) < 4.78 is 8.07. The van der Waals surface area contributed by atoms with Crippen molar-refractivity contribution in [2.75, 3.05) is 11.9 Å². The minimum atomic E-state index is 0.451. The van der Waals surface area contributed by atoms with Gasteiger partial charge in [0.05, 0.1) is 12.8 Å². The van der Waals surface area contributed by atoms with Crippen LogP contribution in [0.5, 0.6) is 5.75 Å². The van der Waals surface area contributed by atoms with Gasteiger partial charge in [-0.15, -0.1) is 0 Å². The van der Waals surface area contributed by atoms with Gasteiger partial charge in [0, 0.05) is 34.9 Å². The zero-order chi connectivity index (χ0) is 22.2. The Hall–Kier alpha value is -3.64. The zero-order valence-corrected chi connectivity index (χ0v) is 18.8. The maximum Gasteiger partial charge on any atom is 0.191 e. The highest BCUT2D eigenvalue weighted by Crippen LogP contribution is 2.20. The molecule has 0 amide bonds. The van der Waals surface area contributed by atoms with Crippen molar-refractivity contribution in [2.45, 2.75) is 19.9 Å². The molecule has 6 heteroatoms. The van der Waals surface area contributed by atoms with Crippen LogP contribution in [0.3, 0.4) is 0 Å². The van der Waals surface area contributed by atoms with Gasteiger partial charge in [-0.2, -0.15) is 5.10 Å². The zero-order valence-electron chi connectivity index (χ0n) is 18.0. The standard InChI is InChI=1S/C26H26N4OS/c1-20-12-14-22(15-13-20)28-26(32)29-27-18-21-19-30(25-11-6-5-10-24(21)25)16-7-17-31-23-8-3-2-4-9-23/h2-6,8-15,18-19H,7,16-17H2,1H3,(H2,28,29,32)/b27-18+. The second kappa shape index (κ2) is 10.6. The van der Waals surface area contributed by atoms with Gasteiger partial charge in [0.2, 0.25) is 0 Å². The highest BCUT2D eigenvalue weighted by Gasteiger charge is 2.06. The Bertz CT molecular complexity index is 1200. The molecule has 2 N–H and O–H groups in total. The second-order valence-corrected chi connectivity index (χ2v) is 7.91. The molecular weight excluding hydrogens is 416 g/mol. The first-order valence-electron chi connectivity index (χ1n) is 10.6. The summed E-state index contributed by atoms with van der Waals surface area (Å²) in [4.78, 5) is 0. The fourth-order valence-electron chi connectivity index (χ4n) is 3.46. The number of anilines is 1. The van der Waals surface area contributed by atoms with Gasteiger partial charge >= 0.3 is 0 Å². The first-order chi connectivity index (χ1) is 15.7. The Labute approximate surface area is 193 Å². The Morgan fingerprint density at radius 3 is 2.56 bits per heavy atom. The van der Waals surface area contributed by atoms with Gasteiger partial charge in [0.1, 0.15) is 5.75 Å². The minimum absolute atomic E-state index is 0.451. The molecule has 0 atom stereocenters. The molecular formula is C26H26N4OS. The third-order valence-electron chi connectivity index (χ3n) is 5.05. The average Bonchev–Trinajstić information content (AvgIpc) is 3.17. The number of fused-ring (bicyclic) bond motifs is 1. The Kier molecular flexibility index (Phi) is 7.15. The van der Waals surface area contributed by atoms with Crippen LogP contribution in [0.25, 0.3) is 10.9 Å². The first kappa shape index (κ1) is 21.6. The third-order valence-corrected chi connectivity index (χ3v) is 5.25. The molecule has 5 nitrogen and oxygen atoms in total. The Balaban J connectivity index is 1.36. The molecule has 4 rings (SSSR count). The van der Waals surface area contributed by atoms with E-state index in [2.05, 4.69) is 51.7 Å². The van der Waals surface area contributed by atoms with Crippen LogP contribution < -0.4 is 15.5 Å².